The van der Waals surface area contributed by atoms with E-state index in [1.807, 2.05) is 6.92 Å². The van der Waals surface area contributed by atoms with Crippen LogP contribution in [0.5, 0.6) is 5.75 Å². The van der Waals surface area contributed by atoms with E-state index >= 15 is 0 Å². The molecule has 0 aliphatic rings. The van der Waals surface area contributed by atoms with Gasteiger partial charge >= 0.3 is 35.5 Å². The zero-order chi connectivity index (χ0) is 9.68. The van der Waals surface area contributed by atoms with Crippen molar-refractivity contribution in [3.8, 4) is 5.75 Å². The smallest absolute Gasteiger partial charge is 0.508 e. The molecule has 0 spiro atoms. The van der Waals surface area contributed by atoms with E-state index in [2.05, 4.69) is 0 Å². The van der Waals surface area contributed by atoms with Crippen LogP contribution >= 0.6 is 0 Å². The molecule has 1 aromatic rings. The first-order valence-corrected chi connectivity index (χ1v) is 4.20. The van der Waals surface area contributed by atoms with Crippen LogP contribution in [-0.4, -0.2) is 17.7 Å². The molecule has 1 aromatic carbocycles. The Hall–Kier alpha value is -0.510. The van der Waals surface area contributed by atoms with Gasteiger partial charge in [0.25, 0.3) is 0 Å². The number of ether oxygens (including phenoxy) is 1. The molecular formula is C10H12NaO3+. The number of phenolic OH excluding ortho intramolecular Hbond substituents is 1. The molecule has 0 aliphatic carbocycles. The van der Waals surface area contributed by atoms with Crippen LogP contribution < -0.4 is 29.6 Å². The van der Waals surface area contributed by atoms with Crippen LogP contribution in [0, 0.1) is 0 Å². The zero-order valence-electron chi connectivity index (χ0n) is 8.49. The van der Waals surface area contributed by atoms with Crippen molar-refractivity contribution in [3.05, 3.63) is 29.8 Å². The first kappa shape index (κ1) is 13.5. The van der Waals surface area contributed by atoms with E-state index in [4.69, 9.17) is 9.84 Å². The predicted octanol–water partition coefficient (Wildman–Crippen LogP) is -1.04. The Kier molecular flexibility index (Phi) is 6.62. The summed E-state index contributed by atoms with van der Waals surface area (Å²) in [5.41, 5.74) is 0.464. The second-order valence-electron chi connectivity index (χ2n) is 2.68. The third kappa shape index (κ3) is 4.13. The largest absolute Gasteiger partial charge is 1.00 e. The molecule has 0 aromatic heterocycles. The Labute approximate surface area is 105 Å². The summed E-state index contributed by atoms with van der Waals surface area (Å²) in [5.74, 6) is -0.200. The van der Waals surface area contributed by atoms with Crippen molar-refractivity contribution >= 4 is 5.97 Å². The van der Waals surface area contributed by atoms with Gasteiger partial charge in [0.1, 0.15) is 5.75 Å². The molecule has 70 valence electrons. The quantitative estimate of drug-likeness (QED) is 0.504. The van der Waals surface area contributed by atoms with Gasteiger partial charge in [-0.05, 0) is 30.7 Å². The Morgan fingerprint density at radius 1 is 1.36 bits per heavy atom. The van der Waals surface area contributed by atoms with Gasteiger partial charge in [-0.1, -0.05) is 6.92 Å². The Bertz CT molecular complexity index is 282. The minimum atomic E-state index is -0.346. The minimum Gasteiger partial charge on any atom is -0.508 e. The standard InChI is InChI=1S/C10H12O3.Na/c1-2-7-13-10(12)8-3-5-9(11)6-4-8;/h3-6,11H,2,7H2,1H3;/q;+1. The van der Waals surface area contributed by atoms with E-state index in [1.54, 1.807) is 0 Å². The molecular weight excluding hydrogens is 191 g/mol. The molecule has 0 radical (unpaired) electrons. The molecule has 1 rings (SSSR count). The summed E-state index contributed by atoms with van der Waals surface area (Å²) >= 11 is 0. The van der Waals surface area contributed by atoms with Gasteiger partial charge in [0.2, 0.25) is 0 Å². The second-order valence-corrected chi connectivity index (χ2v) is 2.68. The van der Waals surface area contributed by atoms with Crippen LogP contribution in [0.2, 0.25) is 0 Å². The van der Waals surface area contributed by atoms with Crippen molar-refractivity contribution in [2.24, 2.45) is 0 Å². The first-order valence-electron chi connectivity index (χ1n) is 4.20. The summed E-state index contributed by atoms with van der Waals surface area (Å²) in [7, 11) is 0. The number of benzene rings is 1. The normalized spacial score (nSPS) is 8.93. The molecule has 1 N–H and O–H groups in total. The zero-order valence-corrected chi connectivity index (χ0v) is 10.5. The summed E-state index contributed by atoms with van der Waals surface area (Å²) < 4.78 is 4.90. The van der Waals surface area contributed by atoms with E-state index in [-0.39, 0.29) is 41.3 Å². The third-order valence-electron chi connectivity index (χ3n) is 1.54. The van der Waals surface area contributed by atoms with Crippen LogP contribution in [0.1, 0.15) is 23.7 Å². The minimum absolute atomic E-state index is 0. The van der Waals surface area contributed by atoms with E-state index in [0.717, 1.165) is 6.42 Å². The van der Waals surface area contributed by atoms with Crippen LogP contribution in [0.25, 0.3) is 0 Å². The molecule has 0 amide bonds. The van der Waals surface area contributed by atoms with Crippen molar-refractivity contribution in [2.45, 2.75) is 13.3 Å². The van der Waals surface area contributed by atoms with Gasteiger partial charge in [0.15, 0.2) is 0 Å². The van der Waals surface area contributed by atoms with Gasteiger partial charge in [0, 0.05) is 0 Å². The number of aromatic hydroxyl groups is 1. The van der Waals surface area contributed by atoms with Crippen molar-refractivity contribution < 1.29 is 44.2 Å². The van der Waals surface area contributed by atoms with Crippen molar-refractivity contribution in [3.63, 3.8) is 0 Å². The number of carbonyl (C=O) groups is 1. The molecule has 0 saturated heterocycles. The number of hydrogen-bond donors (Lipinski definition) is 1. The fourth-order valence-corrected chi connectivity index (χ4v) is 0.876. The SMILES string of the molecule is CCCOC(=O)c1ccc(O)cc1.[Na+]. The Balaban J connectivity index is 0.00000169. The van der Waals surface area contributed by atoms with E-state index < -0.39 is 0 Å². The van der Waals surface area contributed by atoms with Gasteiger partial charge in [0.05, 0.1) is 12.2 Å². The van der Waals surface area contributed by atoms with E-state index in [9.17, 15) is 4.79 Å². The second kappa shape index (κ2) is 6.87. The summed E-state index contributed by atoms with van der Waals surface area (Å²) in [5, 5.41) is 8.96. The molecule has 14 heavy (non-hydrogen) atoms. The maximum atomic E-state index is 11.2. The molecule has 0 fully saturated rings. The molecule has 0 atom stereocenters. The van der Waals surface area contributed by atoms with E-state index in [0.29, 0.717) is 12.2 Å². The monoisotopic (exact) mass is 203 g/mol. The van der Waals surface area contributed by atoms with E-state index in [1.165, 1.54) is 24.3 Å². The summed E-state index contributed by atoms with van der Waals surface area (Å²) in [6.07, 6.45) is 0.809. The summed E-state index contributed by atoms with van der Waals surface area (Å²) in [6, 6.07) is 5.99. The Morgan fingerprint density at radius 3 is 2.43 bits per heavy atom. The van der Waals surface area contributed by atoms with Crippen LogP contribution in [0.4, 0.5) is 0 Å². The maximum Gasteiger partial charge on any atom is 1.00 e. The Morgan fingerprint density at radius 2 is 1.93 bits per heavy atom. The molecule has 4 heteroatoms. The predicted molar refractivity (Wildman–Crippen MR) is 48.7 cm³/mol. The summed E-state index contributed by atoms with van der Waals surface area (Å²) in [4.78, 5) is 11.2. The summed E-state index contributed by atoms with van der Waals surface area (Å²) in [6.45, 7) is 2.36. The topological polar surface area (TPSA) is 46.5 Å². The number of hydrogen-bond acceptors (Lipinski definition) is 3. The van der Waals surface area contributed by atoms with Crippen molar-refractivity contribution in [1.82, 2.24) is 0 Å². The molecule has 0 aliphatic heterocycles. The van der Waals surface area contributed by atoms with Crippen LogP contribution in [-0.2, 0) is 4.74 Å². The number of esters is 1. The van der Waals surface area contributed by atoms with Gasteiger partial charge in [-0.15, -0.1) is 0 Å². The van der Waals surface area contributed by atoms with Crippen molar-refractivity contribution in [2.75, 3.05) is 6.61 Å². The maximum absolute atomic E-state index is 11.2. The molecule has 0 unspecified atom stereocenters. The van der Waals surface area contributed by atoms with Gasteiger partial charge < -0.3 is 9.84 Å². The molecule has 0 saturated carbocycles. The van der Waals surface area contributed by atoms with Gasteiger partial charge in [-0.3, -0.25) is 0 Å². The van der Waals surface area contributed by atoms with Gasteiger partial charge in [-0.25, -0.2) is 4.79 Å². The number of carbonyl (C=O) groups excluding carboxylic acids is 1. The number of phenols is 1. The fourth-order valence-electron chi connectivity index (χ4n) is 0.876. The third-order valence-corrected chi connectivity index (χ3v) is 1.54. The average Bonchev–Trinajstić information content (AvgIpc) is 2.15. The first-order chi connectivity index (χ1) is 6.24. The number of rotatable bonds is 3. The van der Waals surface area contributed by atoms with Crippen molar-refractivity contribution in [1.29, 1.82) is 0 Å². The van der Waals surface area contributed by atoms with Crippen LogP contribution in [0.15, 0.2) is 24.3 Å². The van der Waals surface area contributed by atoms with Crippen LogP contribution in [0.3, 0.4) is 0 Å². The van der Waals surface area contributed by atoms with Gasteiger partial charge in [-0.2, -0.15) is 0 Å². The molecule has 0 bridgehead atoms. The average molecular weight is 203 g/mol. The fraction of sp³-hybridized carbons (Fsp3) is 0.300. The molecule has 3 nitrogen and oxygen atoms in total. The molecule has 0 heterocycles.